The van der Waals surface area contributed by atoms with E-state index in [1.165, 1.54) is 0 Å². The summed E-state index contributed by atoms with van der Waals surface area (Å²) >= 11 is 0. The summed E-state index contributed by atoms with van der Waals surface area (Å²) in [5.74, 6) is 0.160. The summed E-state index contributed by atoms with van der Waals surface area (Å²) in [6, 6.07) is 3.45. The molecule has 0 spiro atoms. The Kier molecular flexibility index (Phi) is 6.11. The van der Waals surface area contributed by atoms with E-state index in [4.69, 9.17) is 15.2 Å². The number of hydrogen-bond acceptors (Lipinski definition) is 6. The van der Waals surface area contributed by atoms with Crippen LogP contribution < -0.4 is 10.5 Å². The number of nitrogens with zero attached hydrogens (tertiary/aromatic N) is 2. The molecule has 0 bridgehead atoms. The number of hydrogen-bond donors (Lipinski definition) is 1. The van der Waals surface area contributed by atoms with Gasteiger partial charge >= 0.3 is 5.97 Å². The average molecular weight is 373 g/mol. The van der Waals surface area contributed by atoms with Gasteiger partial charge in [-0.1, -0.05) is 19.1 Å². The molecule has 146 valence electrons. The summed E-state index contributed by atoms with van der Waals surface area (Å²) in [4.78, 5) is 31.5. The number of carbonyl (C=O) groups excluding carboxylic acids is 2. The zero-order valence-electron chi connectivity index (χ0n) is 15.8. The fourth-order valence-corrected chi connectivity index (χ4v) is 4.05. The first kappa shape index (κ1) is 19.4. The molecule has 7 heteroatoms. The number of allylic oxidation sites excluding steroid dienone is 1. The number of esters is 1. The lowest BCUT2D eigenvalue weighted by atomic mass is 9.72. The largest absolute Gasteiger partial charge is 0.490 e. The van der Waals surface area contributed by atoms with E-state index in [0.29, 0.717) is 38.6 Å². The lowest BCUT2D eigenvalue weighted by Crippen LogP contribution is -2.37. The van der Waals surface area contributed by atoms with E-state index in [2.05, 4.69) is 17.1 Å². The average Bonchev–Trinajstić information content (AvgIpc) is 3.10. The maximum atomic E-state index is 13.1. The Balaban J connectivity index is 1.78. The van der Waals surface area contributed by atoms with E-state index < -0.39 is 0 Å². The van der Waals surface area contributed by atoms with Crippen molar-refractivity contribution in [3.8, 4) is 5.75 Å². The first-order valence-electron chi connectivity index (χ1n) is 9.48. The molecule has 2 heterocycles. The number of carbonyl (C=O) groups is 2. The second-order valence-electron chi connectivity index (χ2n) is 7.05. The molecule has 4 atom stereocenters. The Morgan fingerprint density at radius 2 is 2.15 bits per heavy atom. The van der Waals surface area contributed by atoms with Crippen molar-refractivity contribution in [3.63, 3.8) is 0 Å². The van der Waals surface area contributed by atoms with Gasteiger partial charge < -0.3 is 20.1 Å². The minimum absolute atomic E-state index is 0.0603. The predicted octanol–water partition coefficient (Wildman–Crippen LogP) is 1.49. The minimum Gasteiger partial charge on any atom is -0.490 e. The van der Waals surface area contributed by atoms with Gasteiger partial charge in [0.05, 0.1) is 12.5 Å². The van der Waals surface area contributed by atoms with Gasteiger partial charge in [-0.2, -0.15) is 0 Å². The molecule has 2 N–H and O–H groups in total. The van der Waals surface area contributed by atoms with Gasteiger partial charge in [0.1, 0.15) is 6.61 Å². The van der Waals surface area contributed by atoms with Gasteiger partial charge in [0.15, 0.2) is 11.4 Å². The van der Waals surface area contributed by atoms with Crippen molar-refractivity contribution in [1.82, 2.24) is 9.88 Å². The lowest BCUT2D eigenvalue weighted by Gasteiger charge is -2.31. The van der Waals surface area contributed by atoms with E-state index in [-0.39, 0.29) is 41.2 Å². The SMILES string of the molecule is CCOC(=O)[C@@H]1[C@H]2CN(C(=O)c3ncccc3OCCN)C[C@@H]2C=C[C@@H]1C. The van der Waals surface area contributed by atoms with Crippen LogP contribution in [0.3, 0.4) is 0 Å². The third-order valence-corrected chi connectivity index (χ3v) is 5.30. The highest BCUT2D eigenvalue weighted by molar-refractivity contribution is 5.95. The number of ether oxygens (including phenoxy) is 2. The van der Waals surface area contributed by atoms with E-state index in [9.17, 15) is 9.59 Å². The molecule has 1 amide bonds. The molecule has 7 nitrogen and oxygen atoms in total. The zero-order chi connectivity index (χ0) is 19.4. The van der Waals surface area contributed by atoms with Crippen LogP contribution >= 0.6 is 0 Å². The Hall–Kier alpha value is -2.41. The van der Waals surface area contributed by atoms with E-state index >= 15 is 0 Å². The highest BCUT2D eigenvalue weighted by Crippen LogP contribution is 2.40. The fraction of sp³-hybridized carbons (Fsp3) is 0.550. The van der Waals surface area contributed by atoms with Gasteiger partial charge in [0, 0.05) is 25.8 Å². The molecular formula is C20H27N3O4. The smallest absolute Gasteiger partial charge is 0.309 e. The second-order valence-corrected chi connectivity index (χ2v) is 7.05. The molecule has 1 aromatic heterocycles. The predicted molar refractivity (Wildman–Crippen MR) is 100 cm³/mol. The van der Waals surface area contributed by atoms with Crippen LogP contribution in [0.4, 0.5) is 0 Å². The topological polar surface area (TPSA) is 94.8 Å². The van der Waals surface area contributed by atoms with Crippen molar-refractivity contribution in [3.05, 3.63) is 36.2 Å². The van der Waals surface area contributed by atoms with Crippen LogP contribution in [0.15, 0.2) is 30.5 Å². The minimum atomic E-state index is -0.227. The summed E-state index contributed by atoms with van der Waals surface area (Å²) in [6.07, 6.45) is 5.77. The summed E-state index contributed by atoms with van der Waals surface area (Å²) in [6.45, 7) is 5.96. The van der Waals surface area contributed by atoms with E-state index in [0.717, 1.165) is 0 Å². The molecule has 1 fully saturated rings. The number of likely N-dealkylation sites (tertiary alicyclic amines) is 1. The number of nitrogens with two attached hydrogens (primary N) is 1. The number of aromatic nitrogens is 1. The first-order chi connectivity index (χ1) is 13.1. The van der Waals surface area contributed by atoms with Gasteiger partial charge in [0.25, 0.3) is 5.91 Å². The maximum Gasteiger partial charge on any atom is 0.309 e. The molecular weight excluding hydrogens is 346 g/mol. The lowest BCUT2D eigenvalue weighted by molar-refractivity contribution is -0.152. The molecule has 0 radical (unpaired) electrons. The maximum absolute atomic E-state index is 13.1. The Morgan fingerprint density at radius 3 is 2.89 bits per heavy atom. The fourth-order valence-electron chi connectivity index (χ4n) is 4.05. The Bertz CT molecular complexity index is 721. The standard InChI is InChI=1S/C20H27N3O4/c1-3-26-20(25)17-13(2)6-7-14-11-23(12-15(14)17)19(24)18-16(27-10-8-21)5-4-9-22-18/h4-7,9,13-15,17H,3,8,10-12,21H2,1-2H3/t13-,14-,15-,17-/m0/s1. The van der Waals surface area contributed by atoms with Crippen molar-refractivity contribution < 1.29 is 19.1 Å². The second kappa shape index (κ2) is 8.52. The molecule has 1 aliphatic carbocycles. The Morgan fingerprint density at radius 1 is 1.33 bits per heavy atom. The molecule has 1 saturated heterocycles. The van der Waals surface area contributed by atoms with Crippen LogP contribution in [0.5, 0.6) is 5.75 Å². The molecule has 0 unspecified atom stereocenters. The van der Waals surface area contributed by atoms with Crippen LogP contribution in [0.2, 0.25) is 0 Å². The molecule has 0 aromatic carbocycles. The normalized spacial score (nSPS) is 26.6. The summed E-state index contributed by atoms with van der Waals surface area (Å²) < 4.78 is 10.9. The first-order valence-corrected chi connectivity index (χ1v) is 9.48. The highest BCUT2D eigenvalue weighted by Gasteiger charge is 2.46. The van der Waals surface area contributed by atoms with Crippen molar-refractivity contribution in [2.45, 2.75) is 13.8 Å². The number of rotatable bonds is 6. The van der Waals surface area contributed by atoms with Crippen LogP contribution in [-0.4, -0.2) is 54.6 Å². The van der Waals surface area contributed by atoms with E-state index in [1.807, 2.05) is 13.8 Å². The van der Waals surface area contributed by atoms with E-state index in [1.54, 1.807) is 23.2 Å². The number of amides is 1. The van der Waals surface area contributed by atoms with Crippen LogP contribution in [0.1, 0.15) is 24.3 Å². The summed E-state index contributed by atoms with van der Waals surface area (Å²) in [7, 11) is 0. The van der Waals surface area contributed by atoms with Crippen molar-refractivity contribution >= 4 is 11.9 Å². The van der Waals surface area contributed by atoms with Crippen LogP contribution in [0, 0.1) is 23.7 Å². The highest BCUT2D eigenvalue weighted by atomic mass is 16.5. The number of pyridine rings is 1. The van der Waals surface area contributed by atoms with Gasteiger partial charge in [0.2, 0.25) is 0 Å². The van der Waals surface area contributed by atoms with Crippen LogP contribution in [0.25, 0.3) is 0 Å². The zero-order valence-corrected chi connectivity index (χ0v) is 15.8. The Labute approximate surface area is 159 Å². The molecule has 27 heavy (non-hydrogen) atoms. The van der Waals surface area contributed by atoms with Crippen molar-refractivity contribution in [1.29, 1.82) is 0 Å². The van der Waals surface area contributed by atoms with Gasteiger partial charge in [-0.05, 0) is 36.8 Å². The summed E-state index contributed by atoms with van der Waals surface area (Å²) in [5, 5.41) is 0. The van der Waals surface area contributed by atoms with Gasteiger partial charge in [-0.25, -0.2) is 4.98 Å². The number of fused-ring (bicyclic) bond motifs is 1. The van der Waals surface area contributed by atoms with Gasteiger partial charge in [-0.3, -0.25) is 9.59 Å². The quantitative estimate of drug-likeness (QED) is 0.600. The molecule has 2 aliphatic rings. The van der Waals surface area contributed by atoms with Crippen LogP contribution in [-0.2, 0) is 9.53 Å². The third kappa shape index (κ3) is 3.98. The van der Waals surface area contributed by atoms with Crippen molar-refractivity contribution in [2.24, 2.45) is 29.4 Å². The monoisotopic (exact) mass is 373 g/mol. The molecule has 0 saturated carbocycles. The summed E-state index contributed by atoms with van der Waals surface area (Å²) in [5.41, 5.74) is 5.78. The molecule has 3 rings (SSSR count). The van der Waals surface area contributed by atoms with Crippen molar-refractivity contribution in [2.75, 3.05) is 32.8 Å². The molecule has 1 aromatic rings. The third-order valence-electron chi connectivity index (χ3n) is 5.30. The molecule has 1 aliphatic heterocycles. The van der Waals surface area contributed by atoms with Gasteiger partial charge in [-0.15, -0.1) is 0 Å².